The Morgan fingerprint density at radius 2 is 1.95 bits per heavy atom. The van der Waals surface area contributed by atoms with Crippen molar-refractivity contribution < 1.29 is 28.9 Å². The highest BCUT2D eigenvalue weighted by Crippen LogP contribution is 2.44. The van der Waals surface area contributed by atoms with Gasteiger partial charge in [0.15, 0.2) is 11.5 Å². The molecule has 7 heteroatoms. The summed E-state index contributed by atoms with van der Waals surface area (Å²) in [7, 11) is 1.57. The number of benzene rings is 2. The number of ether oxygens (including phenoxy) is 3. The quantitative estimate of drug-likeness (QED) is 0.244. The van der Waals surface area contributed by atoms with Crippen molar-refractivity contribution in [2.75, 3.05) is 7.11 Å². The Balaban J connectivity index is 1.42. The Labute approximate surface area is 230 Å². The number of aromatic hydroxyl groups is 1. The molecule has 0 bridgehead atoms. The van der Waals surface area contributed by atoms with Crippen molar-refractivity contribution in [2.45, 2.75) is 70.8 Å². The molecule has 3 aromatic rings. The van der Waals surface area contributed by atoms with Gasteiger partial charge in [-0.3, -0.25) is 9.59 Å². The Kier molecular flexibility index (Phi) is 9.69. The first-order valence-electron chi connectivity index (χ1n) is 13.8. The zero-order chi connectivity index (χ0) is 27.8. The van der Waals surface area contributed by atoms with Crippen LogP contribution in [0.25, 0.3) is 0 Å². The summed E-state index contributed by atoms with van der Waals surface area (Å²) < 4.78 is 17.2. The summed E-state index contributed by atoms with van der Waals surface area (Å²) in [6.45, 7) is 3.63. The van der Waals surface area contributed by atoms with Gasteiger partial charge in [-0.1, -0.05) is 25.5 Å². The van der Waals surface area contributed by atoms with Crippen LogP contribution < -0.4 is 9.47 Å². The molecule has 7 nitrogen and oxygen atoms in total. The molecule has 39 heavy (non-hydrogen) atoms. The fraction of sp³-hybridized carbons (Fsp3) is 0.438. The van der Waals surface area contributed by atoms with Crippen LogP contribution in [0.3, 0.4) is 0 Å². The lowest BCUT2D eigenvalue weighted by molar-refractivity contribution is -0.152. The van der Waals surface area contributed by atoms with Gasteiger partial charge < -0.3 is 24.3 Å². The number of phenols is 1. The highest BCUT2D eigenvalue weighted by Gasteiger charge is 2.38. The monoisotopic (exact) mass is 533 g/mol. The number of nitrogens with one attached hydrogen (secondary N) is 1. The largest absolute Gasteiger partial charge is 0.508 e. The smallest absolute Gasteiger partial charge is 0.302 e. The van der Waals surface area contributed by atoms with E-state index in [1.807, 2.05) is 24.5 Å². The molecule has 4 rings (SSSR count). The number of methoxy groups -OCH3 is 1. The van der Waals surface area contributed by atoms with Crippen molar-refractivity contribution in [3.8, 4) is 23.0 Å². The molecule has 0 amide bonds. The molecule has 1 saturated carbocycles. The third kappa shape index (κ3) is 7.65. The zero-order valence-electron chi connectivity index (χ0n) is 23.0. The fourth-order valence-electron chi connectivity index (χ4n) is 5.79. The number of H-pyrrole nitrogens is 1. The Hall–Kier alpha value is -3.74. The molecular weight excluding hydrogens is 494 g/mol. The van der Waals surface area contributed by atoms with Crippen LogP contribution in [0.1, 0.15) is 69.4 Å². The number of phenolic OH excluding ortho intramolecular Hbond substituents is 1. The van der Waals surface area contributed by atoms with Crippen LogP contribution in [-0.2, 0) is 20.7 Å². The average Bonchev–Trinajstić information content (AvgIpc) is 3.46. The average molecular weight is 534 g/mol. The molecule has 1 aliphatic carbocycles. The van der Waals surface area contributed by atoms with E-state index in [1.54, 1.807) is 31.4 Å². The van der Waals surface area contributed by atoms with Gasteiger partial charge in [-0.15, -0.1) is 0 Å². The summed E-state index contributed by atoms with van der Waals surface area (Å²) in [6.07, 6.45) is 8.84. The third-order valence-electron chi connectivity index (χ3n) is 7.83. The summed E-state index contributed by atoms with van der Waals surface area (Å²) in [5, 5.41) is 9.69. The summed E-state index contributed by atoms with van der Waals surface area (Å²) in [6, 6.07) is 14.2. The van der Waals surface area contributed by atoms with E-state index in [9.17, 15) is 14.7 Å². The van der Waals surface area contributed by atoms with Crippen molar-refractivity contribution in [2.24, 2.45) is 11.8 Å². The number of esters is 1. The molecule has 1 fully saturated rings. The summed E-state index contributed by atoms with van der Waals surface area (Å²) in [5.74, 6) is 2.37. The second-order valence-corrected chi connectivity index (χ2v) is 10.5. The minimum Gasteiger partial charge on any atom is -0.508 e. The molecule has 1 aromatic heterocycles. The highest BCUT2D eigenvalue weighted by atomic mass is 16.5. The van der Waals surface area contributed by atoms with Crippen LogP contribution in [0, 0.1) is 11.8 Å². The Morgan fingerprint density at radius 3 is 2.64 bits per heavy atom. The van der Waals surface area contributed by atoms with Crippen LogP contribution >= 0.6 is 0 Å². The van der Waals surface area contributed by atoms with E-state index in [1.165, 1.54) is 18.6 Å². The zero-order valence-corrected chi connectivity index (χ0v) is 23.0. The van der Waals surface area contributed by atoms with Crippen molar-refractivity contribution in [1.82, 2.24) is 4.98 Å². The molecule has 1 heterocycles. The van der Waals surface area contributed by atoms with Crippen molar-refractivity contribution in [3.05, 3.63) is 72.1 Å². The number of aromatic amines is 1. The van der Waals surface area contributed by atoms with Crippen molar-refractivity contribution in [1.29, 1.82) is 0 Å². The van der Waals surface area contributed by atoms with Crippen LogP contribution in [0.5, 0.6) is 23.0 Å². The maximum atomic E-state index is 13.2. The molecule has 4 atom stereocenters. The van der Waals surface area contributed by atoms with E-state index in [2.05, 4.69) is 18.0 Å². The molecule has 208 valence electrons. The lowest BCUT2D eigenvalue weighted by Crippen LogP contribution is -2.37. The number of ketones is 1. The topological polar surface area (TPSA) is 97.9 Å². The van der Waals surface area contributed by atoms with Gasteiger partial charge >= 0.3 is 5.97 Å². The molecule has 2 N–H and O–H groups in total. The minimum atomic E-state index is -0.433. The number of hydrogen-bond acceptors (Lipinski definition) is 6. The van der Waals surface area contributed by atoms with Gasteiger partial charge in [0.1, 0.15) is 23.4 Å². The second kappa shape index (κ2) is 13.4. The van der Waals surface area contributed by atoms with E-state index in [0.29, 0.717) is 36.0 Å². The minimum absolute atomic E-state index is 0.0757. The molecular formula is C32H39NO6. The summed E-state index contributed by atoms with van der Waals surface area (Å²) >= 11 is 0. The highest BCUT2D eigenvalue weighted by molar-refractivity contribution is 5.79. The molecule has 0 aliphatic heterocycles. The van der Waals surface area contributed by atoms with Crippen LogP contribution in [0.4, 0.5) is 0 Å². The maximum Gasteiger partial charge on any atom is 0.302 e. The number of carbonyl (C=O) groups is 2. The molecule has 0 saturated heterocycles. The standard InChI is InChI=1S/C32H39NO6/c1-4-22-9-12-28(24-14-15-33-20-24)29(16-22)31(38-21(2)34)19-26(36)11-8-23-10-13-30(32(17-23)37-3)39-27-7-5-6-25(35)18-27/h5-7,10,13-15,17-18,20,22,28-29,31,33,35H,4,8-9,11-12,16,19H2,1-3H3/t22-,28+,29+,31+/m1/s1. The van der Waals surface area contributed by atoms with Crippen LogP contribution in [0.15, 0.2) is 60.9 Å². The van der Waals surface area contributed by atoms with E-state index >= 15 is 0 Å². The predicted octanol–water partition coefficient (Wildman–Crippen LogP) is 6.95. The molecule has 2 aromatic carbocycles. The van der Waals surface area contributed by atoms with E-state index in [-0.39, 0.29) is 35.8 Å². The van der Waals surface area contributed by atoms with E-state index in [0.717, 1.165) is 31.2 Å². The molecule has 1 aliphatic rings. The van der Waals surface area contributed by atoms with Gasteiger partial charge in [0.25, 0.3) is 0 Å². The van der Waals surface area contributed by atoms with Crippen molar-refractivity contribution >= 4 is 11.8 Å². The van der Waals surface area contributed by atoms with Crippen molar-refractivity contribution in [3.63, 3.8) is 0 Å². The van der Waals surface area contributed by atoms with Crippen LogP contribution in [-0.4, -0.2) is 35.1 Å². The molecule has 0 unspecified atom stereocenters. The normalized spacial score (nSPS) is 19.7. The first-order valence-corrected chi connectivity index (χ1v) is 13.8. The number of aromatic nitrogens is 1. The summed E-state index contributed by atoms with van der Waals surface area (Å²) in [5.41, 5.74) is 2.17. The van der Waals surface area contributed by atoms with Crippen LogP contribution in [0.2, 0.25) is 0 Å². The molecule has 0 radical (unpaired) electrons. The number of aryl methyl sites for hydroxylation is 1. The molecule has 0 spiro atoms. The SMILES string of the molecule is CC[C@@H]1CC[C@@H](c2cc[nH]c2)[C@@H]([C@H](CC(=O)CCc2ccc(Oc3cccc(O)c3)c(OC)c2)OC(C)=O)C1. The van der Waals surface area contributed by atoms with Gasteiger partial charge in [-0.05, 0) is 79.0 Å². The first kappa shape index (κ1) is 28.3. The number of rotatable bonds is 12. The Bertz CT molecular complexity index is 1240. The second-order valence-electron chi connectivity index (χ2n) is 10.5. The lowest BCUT2D eigenvalue weighted by Gasteiger charge is -2.39. The number of carbonyl (C=O) groups excluding carboxylic acids is 2. The van der Waals surface area contributed by atoms with Gasteiger partial charge in [0, 0.05) is 44.1 Å². The van der Waals surface area contributed by atoms with E-state index in [4.69, 9.17) is 14.2 Å². The van der Waals surface area contributed by atoms with Gasteiger partial charge in [-0.25, -0.2) is 0 Å². The fourth-order valence-corrected chi connectivity index (χ4v) is 5.79. The lowest BCUT2D eigenvalue weighted by atomic mass is 9.68. The van der Waals surface area contributed by atoms with Gasteiger partial charge in [-0.2, -0.15) is 0 Å². The Morgan fingerprint density at radius 1 is 1.10 bits per heavy atom. The first-order chi connectivity index (χ1) is 18.9. The van der Waals surface area contributed by atoms with Gasteiger partial charge in [0.05, 0.1) is 7.11 Å². The van der Waals surface area contributed by atoms with E-state index < -0.39 is 6.10 Å². The predicted molar refractivity (Wildman–Crippen MR) is 149 cm³/mol. The third-order valence-corrected chi connectivity index (χ3v) is 7.83. The maximum absolute atomic E-state index is 13.2. The number of hydrogen-bond donors (Lipinski definition) is 2. The summed E-state index contributed by atoms with van der Waals surface area (Å²) in [4.78, 5) is 28.4. The van der Waals surface area contributed by atoms with Gasteiger partial charge in [0.2, 0.25) is 0 Å². The number of Topliss-reactive ketones (excluding diaryl/α,β-unsaturated/α-hetero) is 1.